The van der Waals surface area contributed by atoms with Crippen LogP contribution >= 0.6 is 11.6 Å². The summed E-state index contributed by atoms with van der Waals surface area (Å²) in [4.78, 5) is 11.4. The number of hydrogen-bond donors (Lipinski definition) is 2. The third-order valence-electron chi connectivity index (χ3n) is 2.93. The van der Waals surface area contributed by atoms with E-state index < -0.39 is 11.9 Å². The molecule has 3 nitrogen and oxygen atoms in total. The Bertz CT molecular complexity index is 595. The van der Waals surface area contributed by atoms with Gasteiger partial charge < -0.3 is 10.2 Å². The molecule has 4 heteroatoms. The number of aliphatic carboxylic acids is 1. The van der Waals surface area contributed by atoms with Crippen LogP contribution in [0.1, 0.15) is 17.0 Å². The lowest BCUT2D eigenvalue weighted by Crippen LogP contribution is -2.14. The fourth-order valence-electron chi connectivity index (χ4n) is 2.01. The molecule has 19 heavy (non-hydrogen) atoms. The molecule has 0 aromatic heterocycles. The van der Waals surface area contributed by atoms with Crippen LogP contribution in [0.25, 0.3) is 0 Å². The third kappa shape index (κ3) is 3.26. The number of carbonyl (C=O) groups is 1. The van der Waals surface area contributed by atoms with Crippen molar-refractivity contribution in [2.24, 2.45) is 0 Å². The molecule has 0 spiro atoms. The summed E-state index contributed by atoms with van der Waals surface area (Å²) in [7, 11) is 0. The first kappa shape index (κ1) is 13.4. The Morgan fingerprint density at radius 3 is 2.53 bits per heavy atom. The smallest absolute Gasteiger partial charge is 0.311 e. The standard InChI is InChI=1S/C15H13ClO3/c16-14-7-2-1-6-12(14)13(15(18)19)9-10-4-3-5-11(17)8-10/h1-8,13,17H,9H2,(H,18,19). The van der Waals surface area contributed by atoms with Gasteiger partial charge in [0.2, 0.25) is 0 Å². The molecule has 0 radical (unpaired) electrons. The topological polar surface area (TPSA) is 57.5 Å². The summed E-state index contributed by atoms with van der Waals surface area (Å²) in [5, 5.41) is 19.2. The molecule has 0 fully saturated rings. The molecule has 1 unspecified atom stereocenters. The predicted molar refractivity (Wildman–Crippen MR) is 73.6 cm³/mol. The number of hydrogen-bond acceptors (Lipinski definition) is 2. The predicted octanol–water partition coefficient (Wildman–Crippen LogP) is 3.46. The Kier molecular flexibility index (Phi) is 4.07. The Morgan fingerprint density at radius 2 is 1.89 bits per heavy atom. The number of carboxylic acid groups (broad SMARTS) is 1. The van der Waals surface area contributed by atoms with Crippen molar-refractivity contribution in [2.45, 2.75) is 12.3 Å². The lowest BCUT2D eigenvalue weighted by Gasteiger charge is -2.14. The molecule has 98 valence electrons. The summed E-state index contributed by atoms with van der Waals surface area (Å²) in [6, 6.07) is 13.5. The lowest BCUT2D eigenvalue weighted by atomic mass is 9.92. The minimum atomic E-state index is -0.934. The summed E-state index contributed by atoms with van der Waals surface area (Å²) in [6.07, 6.45) is 0.285. The highest BCUT2D eigenvalue weighted by molar-refractivity contribution is 6.31. The average molecular weight is 277 g/mol. The molecule has 0 saturated carbocycles. The first-order chi connectivity index (χ1) is 9.08. The molecular weight excluding hydrogens is 264 g/mol. The van der Waals surface area contributed by atoms with E-state index in [9.17, 15) is 15.0 Å². The van der Waals surface area contributed by atoms with Gasteiger partial charge in [-0.25, -0.2) is 0 Å². The fourth-order valence-corrected chi connectivity index (χ4v) is 2.27. The van der Waals surface area contributed by atoms with Crippen LogP contribution in [-0.4, -0.2) is 16.2 Å². The maximum absolute atomic E-state index is 11.4. The van der Waals surface area contributed by atoms with E-state index in [0.717, 1.165) is 5.56 Å². The number of carboxylic acids is 1. The fraction of sp³-hybridized carbons (Fsp3) is 0.133. The SMILES string of the molecule is O=C(O)C(Cc1cccc(O)c1)c1ccccc1Cl. The van der Waals surface area contributed by atoms with Gasteiger partial charge in [-0.1, -0.05) is 41.9 Å². The second-order valence-corrected chi connectivity index (χ2v) is 4.69. The second kappa shape index (κ2) is 5.76. The third-order valence-corrected chi connectivity index (χ3v) is 3.27. The quantitative estimate of drug-likeness (QED) is 0.899. The van der Waals surface area contributed by atoms with E-state index in [-0.39, 0.29) is 12.2 Å². The summed E-state index contributed by atoms with van der Waals surface area (Å²) in [5.74, 6) is -1.53. The molecule has 0 aliphatic heterocycles. The number of phenolic OH excluding ortho intramolecular Hbond substituents is 1. The van der Waals surface area contributed by atoms with Gasteiger partial charge in [-0.05, 0) is 35.7 Å². The van der Waals surface area contributed by atoms with Gasteiger partial charge in [-0.2, -0.15) is 0 Å². The number of halogens is 1. The molecule has 0 aliphatic carbocycles. The molecule has 0 bridgehead atoms. The molecule has 0 amide bonds. The van der Waals surface area contributed by atoms with Crippen molar-refractivity contribution < 1.29 is 15.0 Å². The summed E-state index contributed by atoms with van der Waals surface area (Å²) in [5.41, 5.74) is 1.34. The molecule has 0 heterocycles. The highest BCUT2D eigenvalue weighted by atomic mass is 35.5. The molecular formula is C15H13ClO3. The minimum absolute atomic E-state index is 0.126. The highest BCUT2D eigenvalue weighted by Gasteiger charge is 2.22. The Morgan fingerprint density at radius 1 is 1.16 bits per heavy atom. The van der Waals surface area contributed by atoms with E-state index in [0.29, 0.717) is 10.6 Å². The molecule has 2 aromatic carbocycles. The van der Waals surface area contributed by atoms with E-state index in [2.05, 4.69) is 0 Å². The Labute approximate surface area is 116 Å². The summed E-state index contributed by atoms with van der Waals surface area (Å²) in [6.45, 7) is 0. The maximum Gasteiger partial charge on any atom is 0.311 e. The van der Waals surface area contributed by atoms with Crippen LogP contribution in [0.3, 0.4) is 0 Å². The van der Waals surface area contributed by atoms with E-state index >= 15 is 0 Å². The second-order valence-electron chi connectivity index (χ2n) is 4.29. The van der Waals surface area contributed by atoms with Crippen LogP contribution in [0, 0.1) is 0 Å². The van der Waals surface area contributed by atoms with Gasteiger partial charge in [0, 0.05) is 5.02 Å². The van der Waals surface area contributed by atoms with Crippen molar-refractivity contribution in [3.05, 3.63) is 64.7 Å². The largest absolute Gasteiger partial charge is 0.508 e. The first-order valence-corrected chi connectivity index (χ1v) is 6.21. The van der Waals surface area contributed by atoms with Gasteiger partial charge in [0.1, 0.15) is 5.75 Å². The van der Waals surface area contributed by atoms with Crippen LogP contribution in [-0.2, 0) is 11.2 Å². The van der Waals surface area contributed by atoms with Gasteiger partial charge in [0.25, 0.3) is 0 Å². The zero-order valence-electron chi connectivity index (χ0n) is 10.1. The first-order valence-electron chi connectivity index (χ1n) is 5.83. The monoisotopic (exact) mass is 276 g/mol. The van der Waals surface area contributed by atoms with Crippen LogP contribution in [0.4, 0.5) is 0 Å². The van der Waals surface area contributed by atoms with Gasteiger partial charge >= 0.3 is 5.97 Å². The van der Waals surface area contributed by atoms with Crippen molar-refractivity contribution in [1.29, 1.82) is 0 Å². The molecule has 1 atom stereocenters. The van der Waals surface area contributed by atoms with Gasteiger partial charge in [-0.15, -0.1) is 0 Å². The zero-order chi connectivity index (χ0) is 13.8. The average Bonchev–Trinajstić information content (AvgIpc) is 2.37. The summed E-state index contributed by atoms with van der Waals surface area (Å²) < 4.78 is 0. The Hall–Kier alpha value is -2.00. The molecule has 0 aliphatic rings. The van der Waals surface area contributed by atoms with Crippen LogP contribution in [0.15, 0.2) is 48.5 Å². The maximum atomic E-state index is 11.4. The number of phenols is 1. The molecule has 0 saturated heterocycles. The van der Waals surface area contributed by atoms with Crippen molar-refractivity contribution >= 4 is 17.6 Å². The van der Waals surface area contributed by atoms with Crippen molar-refractivity contribution in [2.75, 3.05) is 0 Å². The number of benzene rings is 2. The minimum Gasteiger partial charge on any atom is -0.508 e. The van der Waals surface area contributed by atoms with E-state index in [4.69, 9.17) is 11.6 Å². The van der Waals surface area contributed by atoms with Crippen molar-refractivity contribution in [3.8, 4) is 5.75 Å². The van der Waals surface area contributed by atoms with Crippen LogP contribution < -0.4 is 0 Å². The van der Waals surface area contributed by atoms with Crippen LogP contribution in [0.2, 0.25) is 5.02 Å². The molecule has 2 rings (SSSR count). The van der Waals surface area contributed by atoms with Crippen molar-refractivity contribution in [3.63, 3.8) is 0 Å². The number of rotatable bonds is 4. The van der Waals surface area contributed by atoms with Crippen molar-refractivity contribution in [1.82, 2.24) is 0 Å². The van der Waals surface area contributed by atoms with Crippen LogP contribution in [0.5, 0.6) is 5.75 Å². The normalized spacial score (nSPS) is 12.1. The van der Waals surface area contributed by atoms with Gasteiger partial charge in [-0.3, -0.25) is 4.79 Å². The molecule has 2 aromatic rings. The van der Waals surface area contributed by atoms with E-state index in [1.54, 1.807) is 48.5 Å². The Balaban J connectivity index is 2.32. The van der Waals surface area contributed by atoms with Gasteiger partial charge in [0.15, 0.2) is 0 Å². The van der Waals surface area contributed by atoms with E-state index in [1.165, 1.54) is 0 Å². The lowest BCUT2D eigenvalue weighted by molar-refractivity contribution is -0.138. The van der Waals surface area contributed by atoms with Gasteiger partial charge in [0.05, 0.1) is 5.92 Å². The highest BCUT2D eigenvalue weighted by Crippen LogP contribution is 2.28. The molecule has 2 N–H and O–H groups in total. The summed E-state index contributed by atoms with van der Waals surface area (Å²) >= 11 is 6.05. The zero-order valence-corrected chi connectivity index (χ0v) is 10.8. The van der Waals surface area contributed by atoms with E-state index in [1.807, 2.05) is 0 Å². The number of aromatic hydroxyl groups is 1.